The van der Waals surface area contributed by atoms with Crippen LogP contribution in [0.5, 0.6) is 0 Å². The van der Waals surface area contributed by atoms with Crippen LogP contribution in [-0.2, 0) is 47.5 Å². The second kappa shape index (κ2) is 15.9. The third-order valence-corrected chi connectivity index (χ3v) is 15.6. The van der Waals surface area contributed by atoms with Crippen molar-refractivity contribution in [3.05, 3.63) is 11.6 Å². The van der Waals surface area contributed by atoms with E-state index < -0.39 is 125 Å². The molecule has 16 nitrogen and oxygen atoms in total. The molecule has 3 aliphatic heterocycles. The molecule has 7 rings (SSSR count). The van der Waals surface area contributed by atoms with Gasteiger partial charge >= 0.3 is 5.97 Å². The molecule has 0 unspecified atom stereocenters. The summed E-state index contributed by atoms with van der Waals surface area (Å²) in [6.45, 7) is 11.5. The van der Waals surface area contributed by atoms with Crippen molar-refractivity contribution in [1.82, 2.24) is 0 Å². The van der Waals surface area contributed by atoms with Crippen LogP contribution >= 0.6 is 0 Å². The lowest BCUT2D eigenvalue weighted by atomic mass is 9.42. The maximum atomic E-state index is 13.0. The third-order valence-electron chi connectivity index (χ3n) is 15.6. The smallest absolute Gasteiger partial charge is 0.302 e. The highest BCUT2D eigenvalue weighted by Gasteiger charge is 2.81. The van der Waals surface area contributed by atoms with Crippen LogP contribution in [0, 0.1) is 16.7 Å². The molecule has 7 aliphatic rings. The molecule has 3 heterocycles. The summed E-state index contributed by atoms with van der Waals surface area (Å²) in [7, 11) is 1.52. The molecule has 16 heteroatoms. The van der Waals surface area contributed by atoms with E-state index >= 15 is 0 Å². The van der Waals surface area contributed by atoms with Gasteiger partial charge in [0.15, 0.2) is 24.7 Å². The van der Waals surface area contributed by atoms with Crippen molar-refractivity contribution in [1.29, 1.82) is 0 Å². The Kier molecular flexibility index (Phi) is 12.2. The molecule has 58 heavy (non-hydrogen) atoms. The molecule has 6 fully saturated rings. The van der Waals surface area contributed by atoms with Crippen LogP contribution in [-0.4, -0.2) is 152 Å². The van der Waals surface area contributed by atoms with Gasteiger partial charge in [-0.2, -0.15) is 0 Å². The van der Waals surface area contributed by atoms with Gasteiger partial charge in [-0.15, -0.1) is 0 Å². The molecule has 3 saturated heterocycles. The normalized spacial score (nSPS) is 53.1. The Hall–Kier alpha value is -1.64. The zero-order valence-corrected chi connectivity index (χ0v) is 35.1. The van der Waals surface area contributed by atoms with Crippen LogP contribution in [0.25, 0.3) is 0 Å². The first-order chi connectivity index (χ1) is 27.1. The van der Waals surface area contributed by atoms with E-state index in [1.54, 1.807) is 27.7 Å². The van der Waals surface area contributed by atoms with Crippen LogP contribution in [0.2, 0.25) is 0 Å². The van der Waals surface area contributed by atoms with Crippen LogP contribution in [0.3, 0.4) is 0 Å². The van der Waals surface area contributed by atoms with Gasteiger partial charge in [-0.25, -0.2) is 0 Å². The largest absolute Gasteiger partial charge is 0.462 e. The van der Waals surface area contributed by atoms with E-state index in [0.717, 1.165) is 5.57 Å². The topological polar surface area (TPSA) is 229 Å². The van der Waals surface area contributed by atoms with Crippen molar-refractivity contribution < 1.29 is 78.1 Å². The molecule has 20 atom stereocenters. The van der Waals surface area contributed by atoms with Gasteiger partial charge < -0.3 is 68.5 Å². The Morgan fingerprint density at radius 3 is 1.90 bits per heavy atom. The fourth-order valence-electron chi connectivity index (χ4n) is 12.2. The minimum atomic E-state index is -1.99. The highest BCUT2D eigenvalue weighted by atomic mass is 16.7. The highest BCUT2D eigenvalue weighted by Crippen LogP contribution is 2.71. The summed E-state index contributed by atoms with van der Waals surface area (Å²) in [4.78, 5) is 25.4. The summed E-state index contributed by atoms with van der Waals surface area (Å²) < 4.78 is 48.2. The molecule has 0 radical (unpaired) electrons. The summed E-state index contributed by atoms with van der Waals surface area (Å²) in [6, 6.07) is 0. The molecule has 3 saturated carbocycles. The van der Waals surface area contributed by atoms with Gasteiger partial charge in [0, 0.05) is 39.2 Å². The van der Waals surface area contributed by atoms with Gasteiger partial charge in [0.2, 0.25) is 0 Å². The van der Waals surface area contributed by atoms with E-state index in [-0.39, 0.29) is 44.6 Å². The molecule has 0 aromatic heterocycles. The van der Waals surface area contributed by atoms with E-state index in [1.807, 2.05) is 6.08 Å². The maximum Gasteiger partial charge on any atom is 0.302 e. The average Bonchev–Trinajstić information content (AvgIpc) is 3.38. The predicted octanol–water partition coefficient (Wildman–Crippen LogP) is 1.70. The van der Waals surface area contributed by atoms with Gasteiger partial charge in [0.25, 0.3) is 0 Å². The number of Topliss-reactive ketones (excluding diaryl/α,β-unsaturated/α-hetero) is 1. The quantitative estimate of drug-likeness (QED) is 0.144. The number of methoxy groups -OCH3 is 1. The van der Waals surface area contributed by atoms with Crippen LogP contribution < -0.4 is 0 Å². The van der Waals surface area contributed by atoms with Gasteiger partial charge in [-0.1, -0.05) is 18.6 Å². The minimum Gasteiger partial charge on any atom is -0.462 e. The second-order valence-electron chi connectivity index (χ2n) is 18.8. The molecule has 0 amide bonds. The lowest BCUT2D eigenvalue weighted by Crippen LogP contribution is -2.78. The number of hydrogen-bond donors (Lipinski definition) is 6. The fourth-order valence-corrected chi connectivity index (χ4v) is 12.2. The van der Waals surface area contributed by atoms with Gasteiger partial charge in [-0.3, -0.25) is 9.59 Å². The lowest BCUT2D eigenvalue weighted by Gasteiger charge is -2.67. The zero-order valence-electron chi connectivity index (χ0n) is 35.1. The van der Waals surface area contributed by atoms with Crippen molar-refractivity contribution in [2.45, 2.75) is 215 Å². The van der Waals surface area contributed by atoms with E-state index in [9.17, 15) is 40.2 Å². The van der Waals surface area contributed by atoms with Crippen molar-refractivity contribution in [3.8, 4) is 0 Å². The summed E-state index contributed by atoms with van der Waals surface area (Å²) in [6.07, 6.45) is -5.55. The van der Waals surface area contributed by atoms with Crippen molar-refractivity contribution in [2.75, 3.05) is 7.11 Å². The van der Waals surface area contributed by atoms with E-state index in [4.69, 9.17) is 37.9 Å². The predicted molar refractivity (Wildman–Crippen MR) is 201 cm³/mol. The van der Waals surface area contributed by atoms with E-state index in [2.05, 4.69) is 6.92 Å². The number of carbonyl (C=O) groups is 2. The molecule has 0 aromatic rings. The van der Waals surface area contributed by atoms with E-state index in [1.165, 1.54) is 21.0 Å². The number of carbonyl (C=O) groups excluding carboxylic acids is 2. The Morgan fingerprint density at radius 2 is 1.34 bits per heavy atom. The first kappa shape index (κ1) is 44.4. The number of fused-ring (bicyclic) bond motifs is 5. The van der Waals surface area contributed by atoms with Crippen molar-refractivity contribution in [2.24, 2.45) is 16.7 Å². The number of rotatable bonds is 9. The monoisotopic (exact) mass is 826 g/mol. The molecular formula is C42H66O16. The zero-order chi connectivity index (χ0) is 42.3. The second-order valence-corrected chi connectivity index (χ2v) is 18.8. The van der Waals surface area contributed by atoms with Crippen LogP contribution in [0.4, 0.5) is 0 Å². The minimum absolute atomic E-state index is 0.0294. The number of aliphatic hydroxyl groups excluding tert-OH is 3. The van der Waals surface area contributed by atoms with Crippen LogP contribution in [0.15, 0.2) is 11.6 Å². The number of ketones is 1. The Morgan fingerprint density at radius 1 is 0.776 bits per heavy atom. The summed E-state index contributed by atoms with van der Waals surface area (Å²) in [5.74, 6) is -1.68. The number of ether oxygens (including phenoxy) is 8. The van der Waals surface area contributed by atoms with Crippen molar-refractivity contribution in [3.63, 3.8) is 0 Å². The molecular weight excluding hydrogens is 760 g/mol. The Bertz CT molecular complexity index is 1550. The van der Waals surface area contributed by atoms with E-state index in [0.29, 0.717) is 25.7 Å². The number of esters is 1. The summed E-state index contributed by atoms with van der Waals surface area (Å²) >= 11 is 0. The Labute approximate surface area is 340 Å². The first-order valence-electron chi connectivity index (χ1n) is 21.2. The number of aliphatic hydroxyl groups is 6. The molecule has 0 aromatic carbocycles. The lowest BCUT2D eigenvalue weighted by molar-refractivity contribution is -0.336. The third kappa shape index (κ3) is 7.03. The van der Waals surface area contributed by atoms with Gasteiger partial charge in [0.05, 0.1) is 48.1 Å². The highest BCUT2D eigenvalue weighted by molar-refractivity contribution is 5.87. The molecule has 6 N–H and O–H groups in total. The SMILES string of the molecule is CO[C@@H]1C[C@H](O[C@H]2[C@@H](O)C[C@H](O[C@H]3[C@@H](O)C[C@H](O[C@H]4CC[C@@]5(C)C(=CC[C@]6(O)[C@@H]5C[C@@H](OC(C)=O)[C@@]5(C)[C@]6(O)CC[C@@]5(O)C(C)=O)C4)O[C@@H]3C)O[C@@H]2C)O[C@H](C)[C@H]1O. The maximum absolute atomic E-state index is 13.0. The summed E-state index contributed by atoms with van der Waals surface area (Å²) in [5.41, 5.74) is -6.81. The molecule has 4 aliphatic carbocycles. The van der Waals surface area contributed by atoms with Crippen LogP contribution in [0.1, 0.15) is 113 Å². The summed E-state index contributed by atoms with van der Waals surface area (Å²) in [5, 5.41) is 69.7. The molecule has 0 spiro atoms. The van der Waals surface area contributed by atoms with Gasteiger partial charge in [-0.05, 0) is 85.0 Å². The van der Waals surface area contributed by atoms with Gasteiger partial charge in [0.1, 0.15) is 41.2 Å². The first-order valence-corrected chi connectivity index (χ1v) is 21.2. The standard InChI is InChI=1S/C42H66O16/c1-20-35(47)29(51-8)18-34(52-20)58-37-22(3)54-33(17-28(37)46)57-36-21(2)53-32(16-27(36)45)56-26-10-11-38(6)25(15-26)9-12-41(49)30(38)19-31(55-24(5)44)39(7)40(48,23(4)43)13-14-42(39,41)50/h9,20-22,26-37,45-50H,10-19H2,1-8H3/t20-,21-,22-,26+,27+,28+,29-,30-,31-,32+,33+,34+,35-,36-,37-,38+,39-,40-,41+,42-/m1/s1. The molecule has 0 bridgehead atoms. The fraction of sp³-hybridized carbons (Fsp3) is 0.905. The molecule has 330 valence electrons. The number of hydrogen-bond acceptors (Lipinski definition) is 16. The average molecular weight is 827 g/mol. The Balaban J connectivity index is 0.966. The van der Waals surface area contributed by atoms with Crippen molar-refractivity contribution >= 4 is 11.8 Å².